The van der Waals surface area contributed by atoms with Crippen molar-refractivity contribution in [2.24, 2.45) is 5.10 Å². The van der Waals surface area contributed by atoms with E-state index in [1.54, 1.807) is 18.7 Å². The van der Waals surface area contributed by atoms with Gasteiger partial charge in [0.05, 0.1) is 31.0 Å². The summed E-state index contributed by atoms with van der Waals surface area (Å²) in [6.07, 6.45) is -2.86. The van der Waals surface area contributed by atoms with Gasteiger partial charge in [0.25, 0.3) is 0 Å². The minimum atomic E-state index is -4.43. The molecule has 0 radical (unpaired) electrons. The van der Waals surface area contributed by atoms with Gasteiger partial charge < -0.3 is 10.1 Å². The number of halogens is 3. The van der Waals surface area contributed by atoms with Gasteiger partial charge in [-0.05, 0) is 59.9 Å². The summed E-state index contributed by atoms with van der Waals surface area (Å²) in [5.74, 6) is 0.717. The molecule has 3 rings (SSSR count). The van der Waals surface area contributed by atoms with Crippen molar-refractivity contribution >= 4 is 34.3 Å². The molecule has 34 heavy (non-hydrogen) atoms. The highest BCUT2D eigenvalue weighted by molar-refractivity contribution is 7.13. The molecule has 0 bridgehead atoms. The molecule has 0 aliphatic rings. The van der Waals surface area contributed by atoms with Gasteiger partial charge in [0.1, 0.15) is 5.75 Å². The van der Waals surface area contributed by atoms with Gasteiger partial charge in [0.15, 0.2) is 5.13 Å². The predicted octanol–water partition coefficient (Wildman–Crippen LogP) is 6.04. The van der Waals surface area contributed by atoms with E-state index >= 15 is 0 Å². The Labute approximate surface area is 199 Å². The molecule has 0 fully saturated rings. The number of amides is 1. The summed E-state index contributed by atoms with van der Waals surface area (Å²) in [4.78, 5) is 16.5. The molecule has 0 unspecified atom stereocenters. The highest BCUT2D eigenvalue weighted by atomic mass is 32.1. The summed E-state index contributed by atoms with van der Waals surface area (Å²) in [5, 5.41) is 8.95. The number of anilines is 2. The zero-order valence-electron chi connectivity index (χ0n) is 19.2. The Morgan fingerprint density at radius 3 is 2.71 bits per heavy atom. The number of hydrazone groups is 1. The Morgan fingerprint density at radius 1 is 1.26 bits per heavy atom. The topological polar surface area (TPSA) is 75.6 Å². The van der Waals surface area contributed by atoms with E-state index in [0.29, 0.717) is 10.8 Å². The van der Waals surface area contributed by atoms with Crippen LogP contribution in [0.2, 0.25) is 0 Å². The third-order valence-corrected chi connectivity index (χ3v) is 5.77. The summed E-state index contributed by atoms with van der Waals surface area (Å²) in [6, 6.07) is 8.77. The highest BCUT2D eigenvalue weighted by Crippen LogP contribution is 2.32. The molecule has 1 heterocycles. The zero-order valence-corrected chi connectivity index (χ0v) is 20.0. The Bertz CT molecular complexity index is 1190. The number of alkyl halides is 3. The van der Waals surface area contributed by atoms with Crippen LogP contribution in [0.15, 0.2) is 46.9 Å². The van der Waals surface area contributed by atoms with Crippen LogP contribution in [0.25, 0.3) is 0 Å². The molecule has 1 amide bonds. The van der Waals surface area contributed by atoms with Crippen molar-refractivity contribution in [1.82, 2.24) is 10.4 Å². The summed E-state index contributed by atoms with van der Waals surface area (Å²) < 4.78 is 44.1. The SMILES string of the molecule is COc1cc(C)c(C=NNC(=O)Cc2csc(Nc3cccc(C(F)(F)F)c3)n2)cc1C(C)C. The lowest BCUT2D eigenvalue weighted by molar-refractivity contribution is -0.137. The second kappa shape index (κ2) is 10.7. The van der Waals surface area contributed by atoms with E-state index in [-0.39, 0.29) is 23.9 Å². The van der Waals surface area contributed by atoms with Gasteiger partial charge in [0, 0.05) is 11.1 Å². The standard InChI is InChI=1S/C24H25F3N4O2S/c1-14(2)20-9-16(15(3)8-21(20)33-4)12-28-31-22(32)11-19-13-34-23(30-19)29-18-7-5-6-17(10-18)24(25,26)27/h5-10,12-14H,11H2,1-4H3,(H,29,30)(H,31,32). The van der Waals surface area contributed by atoms with Gasteiger partial charge in [-0.2, -0.15) is 18.3 Å². The number of benzene rings is 2. The van der Waals surface area contributed by atoms with Crippen molar-refractivity contribution in [3.05, 3.63) is 69.7 Å². The summed E-state index contributed by atoms with van der Waals surface area (Å²) in [7, 11) is 1.63. The van der Waals surface area contributed by atoms with Crippen LogP contribution in [0.3, 0.4) is 0 Å². The quantitative estimate of drug-likeness (QED) is 0.298. The minimum Gasteiger partial charge on any atom is -0.496 e. The Hall–Kier alpha value is -3.40. The fraction of sp³-hybridized carbons (Fsp3) is 0.292. The van der Waals surface area contributed by atoms with Crippen LogP contribution in [-0.4, -0.2) is 24.2 Å². The van der Waals surface area contributed by atoms with Crippen molar-refractivity contribution < 1.29 is 22.7 Å². The molecular weight excluding hydrogens is 465 g/mol. The van der Waals surface area contributed by atoms with E-state index in [1.165, 1.54) is 23.5 Å². The smallest absolute Gasteiger partial charge is 0.416 e. The number of hydrogen-bond donors (Lipinski definition) is 2. The van der Waals surface area contributed by atoms with Crippen LogP contribution < -0.4 is 15.5 Å². The van der Waals surface area contributed by atoms with Crippen molar-refractivity contribution in [3.8, 4) is 5.75 Å². The van der Waals surface area contributed by atoms with E-state index in [9.17, 15) is 18.0 Å². The van der Waals surface area contributed by atoms with Crippen molar-refractivity contribution in [3.63, 3.8) is 0 Å². The summed E-state index contributed by atoms with van der Waals surface area (Å²) in [5.41, 5.74) is 5.35. The number of hydrogen-bond acceptors (Lipinski definition) is 6. The minimum absolute atomic E-state index is 0.0169. The zero-order chi connectivity index (χ0) is 24.9. The van der Waals surface area contributed by atoms with E-state index in [1.807, 2.05) is 19.1 Å². The van der Waals surface area contributed by atoms with Gasteiger partial charge in [-0.25, -0.2) is 10.4 Å². The molecular formula is C24H25F3N4O2S. The number of nitrogens with one attached hydrogen (secondary N) is 2. The molecule has 3 aromatic rings. The third kappa shape index (κ3) is 6.57. The highest BCUT2D eigenvalue weighted by Gasteiger charge is 2.30. The van der Waals surface area contributed by atoms with E-state index in [0.717, 1.165) is 34.6 Å². The first-order valence-electron chi connectivity index (χ1n) is 10.5. The number of rotatable bonds is 8. The van der Waals surface area contributed by atoms with Crippen LogP contribution in [0.5, 0.6) is 5.75 Å². The number of aromatic nitrogens is 1. The van der Waals surface area contributed by atoms with Crippen LogP contribution in [0.4, 0.5) is 24.0 Å². The first kappa shape index (κ1) is 25.2. The first-order chi connectivity index (χ1) is 16.1. The number of carbonyl (C=O) groups is 1. The lowest BCUT2D eigenvalue weighted by Crippen LogP contribution is -2.20. The fourth-order valence-electron chi connectivity index (χ4n) is 3.20. The second-order valence-electron chi connectivity index (χ2n) is 7.92. The van der Waals surface area contributed by atoms with Crippen LogP contribution in [0.1, 0.15) is 47.7 Å². The molecule has 2 N–H and O–H groups in total. The molecule has 1 aromatic heterocycles. The maximum absolute atomic E-state index is 12.9. The van der Waals surface area contributed by atoms with Crippen LogP contribution in [0, 0.1) is 6.92 Å². The van der Waals surface area contributed by atoms with Crippen LogP contribution >= 0.6 is 11.3 Å². The number of nitrogens with zero attached hydrogens (tertiary/aromatic N) is 2. The Balaban J connectivity index is 1.60. The van der Waals surface area contributed by atoms with Crippen LogP contribution in [-0.2, 0) is 17.4 Å². The molecule has 6 nitrogen and oxygen atoms in total. The Kier molecular flexibility index (Phi) is 7.93. The van der Waals surface area contributed by atoms with Gasteiger partial charge in [-0.3, -0.25) is 4.79 Å². The average molecular weight is 491 g/mol. The van der Waals surface area contributed by atoms with Crippen molar-refractivity contribution in [1.29, 1.82) is 0 Å². The Morgan fingerprint density at radius 2 is 2.03 bits per heavy atom. The maximum Gasteiger partial charge on any atom is 0.416 e. The number of thiazole rings is 1. The average Bonchev–Trinajstić information content (AvgIpc) is 3.20. The first-order valence-corrected chi connectivity index (χ1v) is 11.3. The molecule has 0 aliphatic heterocycles. The lowest BCUT2D eigenvalue weighted by atomic mass is 9.97. The number of aryl methyl sites for hydroxylation is 1. The van der Waals surface area contributed by atoms with Crippen molar-refractivity contribution in [2.45, 2.75) is 39.3 Å². The molecule has 180 valence electrons. The summed E-state index contributed by atoms with van der Waals surface area (Å²) in [6.45, 7) is 6.07. The van der Waals surface area contributed by atoms with E-state index in [2.05, 4.69) is 34.7 Å². The molecule has 0 saturated heterocycles. The molecule has 0 spiro atoms. The largest absolute Gasteiger partial charge is 0.496 e. The monoisotopic (exact) mass is 490 g/mol. The third-order valence-electron chi connectivity index (χ3n) is 4.97. The van der Waals surface area contributed by atoms with E-state index < -0.39 is 11.7 Å². The van der Waals surface area contributed by atoms with Gasteiger partial charge in [0.2, 0.25) is 5.91 Å². The van der Waals surface area contributed by atoms with E-state index in [4.69, 9.17) is 4.74 Å². The number of methoxy groups -OCH3 is 1. The van der Waals surface area contributed by atoms with Gasteiger partial charge in [-0.15, -0.1) is 11.3 Å². The predicted molar refractivity (Wildman–Crippen MR) is 128 cm³/mol. The fourth-order valence-corrected chi connectivity index (χ4v) is 3.93. The summed E-state index contributed by atoms with van der Waals surface area (Å²) >= 11 is 1.20. The van der Waals surface area contributed by atoms with Crippen molar-refractivity contribution in [2.75, 3.05) is 12.4 Å². The van der Waals surface area contributed by atoms with Gasteiger partial charge in [-0.1, -0.05) is 19.9 Å². The van der Waals surface area contributed by atoms with Gasteiger partial charge >= 0.3 is 6.18 Å². The normalized spacial score (nSPS) is 11.8. The number of ether oxygens (including phenoxy) is 1. The maximum atomic E-state index is 12.9. The second-order valence-corrected chi connectivity index (χ2v) is 8.78. The molecule has 10 heteroatoms. The molecule has 0 aliphatic carbocycles. The number of carbonyl (C=O) groups excluding carboxylic acids is 1. The molecule has 0 atom stereocenters. The molecule has 0 saturated carbocycles. The molecule has 2 aromatic carbocycles. The lowest BCUT2D eigenvalue weighted by Gasteiger charge is -2.14.